The molecule has 13 heteroatoms. The van der Waals surface area contributed by atoms with Crippen molar-refractivity contribution in [1.29, 1.82) is 10.5 Å². The molecule has 0 saturated carbocycles. The predicted molar refractivity (Wildman–Crippen MR) is 222 cm³/mol. The van der Waals surface area contributed by atoms with Crippen molar-refractivity contribution >= 4 is 11.6 Å². The second-order valence-electron chi connectivity index (χ2n) is 13.8. The molecular weight excluding hydrogens is 740 g/mol. The molecule has 0 spiro atoms. The van der Waals surface area contributed by atoms with Gasteiger partial charge < -0.3 is 29.2 Å². The summed E-state index contributed by atoms with van der Waals surface area (Å²) in [5.41, 5.74) is 4.29. The predicted octanol–water partition coefficient (Wildman–Crippen LogP) is 7.02. The first-order valence-electron chi connectivity index (χ1n) is 19.9. The van der Waals surface area contributed by atoms with Crippen LogP contribution in [0.25, 0.3) is 0 Å². The maximum atomic E-state index is 9.00. The van der Waals surface area contributed by atoms with Gasteiger partial charge in [0.05, 0.1) is 51.4 Å². The van der Waals surface area contributed by atoms with E-state index in [4.69, 9.17) is 41.1 Å². The number of methoxy groups -OCH3 is 2. The molecule has 12 nitrogen and oxygen atoms in total. The third-order valence-corrected chi connectivity index (χ3v) is 9.81. The molecule has 2 aliphatic rings. The van der Waals surface area contributed by atoms with Crippen molar-refractivity contribution in [2.45, 2.75) is 65.2 Å². The van der Waals surface area contributed by atoms with E-state index in [-0.39, 0.29) is 5.92 Å². The third kappa shape index (κ3) is 15.5. The zero-order chi connectivity index (χ0) is 40.7. The van der Waals surface area contributed by atoms with Gasteiger partial charge in [-0.2, -0.15) is 10.5 Å². The average Bonchev–Trinajstić information content (AvgIpc) is 3.96. The Bertz CT molecular complexity index is 1880. The van der Waals surface area contributed by atoms with Gasteiger partial charge in [0.25, 0.3) is 0 Å². The fraction of sp³-hybridized carbons (Fsp3) is 0.500. The van der Waals surface area contributed by atoms with Crippen molar-refractivity contribution in [2.75, 3.05) is 66.0 Å². The van der Waals surface area contributed by atoms with E-state index in [0.717, 1.165) is 128 Å². The summed E-state index contributed by atoms with van der Waals surface area (Å²) >= 11 is 5.68. The minimum absolute atomic E-state index is 0.186. The summed E-state index contributed by atoms with van der Waals surface area (Å²) in [5, 5.41) is 20.4. The van der Waals surface area contributed by atoms with Crippen LogP contribution in [-0.4, -0.2) is 90.9 Å². The lowest BCUT2D eigenvalue weighted by molar-refractivity contribution is 0.252. The monoisotopic (exact) mass is 796 g/mol. The van der Waals surface area contributed by atoms with Crippen molar-refractivity contribution in [2.24, 2.45) is 11.8 Å². The fourth-order valence-electron chi connectivity index (χ4n) is 6.31. The number of halogens is 1. The van der Waals surface area contributed by atoms with Gasteiger partial charge in [-0.25, -0.2) is 19.9 Å². The summed E-state index contributed by atoms with van der Waals surface area (Å²) in [6, 6.07) is 20.3. The lowest BCUT2D eigenvalue weighted by Gasteiger charge is -2.16. The third-order valence-electron chi connectivity index (χ3n) is 9.54. The Morgan fingerprint density at radius 2 is 1.32 bits per heavy atom. The van der Waals surface area contributed by atoms with Gasteiger partial charge in [-0.3, -0.25) is 0 Å². The lowest BCUT2D eigenvalue weighted by atomic mass is 10.1. The highest BCUT2D eigenvalue weighted by molar-refractivity contribution is 6.17. The van der Waals surface area contributed by atoms with Crippen LogP contribution in [0.5, 0.6) is 23.0 Å². The Hall–Kier alpha value is -5.01. The number of likely N-dealkylation sites (tertiary alicyclic amines) is 1. The number of nitriles is 2. The molecule has 2 aromatic carbocycles. The molecule has 4 heterocycles. The van der Waals surface area contributed by atoms with Crippen LogP contribution in [0.15, 0.2) is 60.9 Å². The molecule has 304 valence electrons. The number of ether oxygens (including phenoxy) is 4. The maximum absolute atomic E-state index is 9.00. The Morgan fingerprint density at radius 1 is 0.754 bits per heavy atom. The van der Waals surface area contributed by atoms with Crippen molar-refractivity contribution < 1.29 is 18.9 Å². The average molecular weight is 797 g/mol. The summed E-state index contributed by atoms with van der Waals surface area (Å²) in [6.07, 6.45) is 10.5. The molecule has 2 aromatic heterocycles. The number of hydrogen-bond acceptors (Lipinski definition) is 12. The van der Waals surface area contributed by atoms with E-state index < -0.39 is 0 Å². The Balaban J connectivity index is 0.000000220. The molecule has 0 radical (unpaired) electrons. The van der Waals surface area contributed by atoms with Crippen molar-refractivity contribution in [3.8, 4) is 35.1 Å². The van der Waals surface area contributed by atoms with E-state index in [2.05, 4.69) is 56.1 Å². The van der Waals surface area contributed by atoms with E-state index in [0.29, 0.717) is 37.9 Å². The van der Waals surface area contributed by atoms with Crippen LogP contribution in [0, 0.1) is 34.5 Å². The van der Waals surface area contributed by atoms with Gasteiger partial charge in [-0.1, -0.05) is 26.0 Å². The molecule has 0 aliphatic carbocycles. The molecule has 2 saturated heterocycles. The Kier molecular flexibility index (Phi) is 19.8. The summed E-state index contributed by atoms with van der Waals surface area (Å²) in [6.45, 7) is 10.1. The lowest BCUT2D eigenvalue weighted by Crippen LogP contribution is -2.23. The normalized spacial score (nSPS) is 15.9. The largest absolute Gasteiger partial charge is 0.493 e. The standard InChI is InChI=1S/C22H28N4O2.C17H21ClN2O2.C5H8N2/c1-3-19-7-9-24-22(25-19)14-17-5-6-20(27-2)21(13-17)28-12-4-10-26-11-8-18(15-23)16-26;1-3-14-7-9-19-17(20-14)12-13-5-6-15(21-2)16(11-13)22-10-4-8-18;6-3-5-1-2-7-4-5/h5-7,9,13,18H,3-4,8,10-12,14,16H2,1-2H3;5-7,9,11H,3-4,8,10,12H2,1-2H3;5,7H,1-2,4H2. The molecule has 6 rings (SSSR count). The molecule has 4 aromatic rings. The van der Waals surface area contributed by atoms with Crippen LogP contribution in [0.4, 0.5) is 0 Å². The SMILES string of the molecule is CCc1ccnc(Cc2ccc(OC)c(OCCCCl)c2)n1.CCc1ccnc(Cc2ccc(OC)c(OCCCN3CCC(C#N)C3)c2)n1.N#CC1CCNC1. The molecule has 1 N–H and O–H groups in total. The van der Waals surface area contributed by atoms with Crippen LogP contribution in [0.3, 0.4) is 0 Å². The number of aromatic nitrogens is 4. The minimum Gasteiger partial charge on any atom is -0.493 e. The quantitative estimate of drug-likeness (QED) is 0.0864. The van der Waals surface area contributed by atoms with Gasteiger partial charge in [-0.15, -0.1) is 11.6 Å². The molecule has 2 aliphatic heterocycles. The highest BCUT2D eigenvalue weighted by Gasteiger charge is 2.21. The first-order chi connectivity index (χ1) is 27.9. The molecule has 0 amide bonds. The van der Waals surface area contributed by atoms with Crippen molar-refractivity contribution in [3.05, 3.63) is 95.1 Å². The van der Waals surface area contributed by atoms with Crippen LogP contribution < -0.4 is 24.3 Å². The van der Waals surface area contributed by atoms with Gasteiger partial charge in [0.2, 0.25) is 0 Å². The summed E-state index contributed by atoms with van der Waals surface area (Å²) in [5.74, 6) is 5.64. The first kappa shape index (κ1) is 44.7. The molecular formula is C44H57ClN8O4. The number of alkyl halides is 1. The van der Waals surface area contributed by atoms with E-state index in [1.807, 2.05) is 60.9 Å². The van der Waals surface area contributed by atoms with Crippen LogP contribution in [0.1, 0.15) is 73.7 Å². The Morgan fingerprint density at radius 3 is 1.75 bits per heavy atom. The van der Waals surface area contributed by atoms with Gasteiger partial charge in [-0.05, 0) is 99.1 Å². The molecule has 0 bridgehead atoms. The number of hydrogen-bond donors (Lipinski definition) is 1. The van der Waals surface area contributed by atoms with E-state index >= 15 is 0 Å². The van der Waals surface area contributed by atoms with E-state index in [9.17, 15) is 0 Å². The second-order valence-corrected chi connectivity index (χ2v) is 14.2. The number of rotatable bonds is 17. The number of nitrogens with zero attached hydrogens (tertiary/aromatic N) is 7. The molecule has 2 unspecified atom stereocenters. The summed E-state index contributed by atoms with van der Waals surface area (Å²) in [4.78, 5) is 20.2. The highest BCUT2D eigenvalue weighted by atomic mass is 35.5. The van der Waals surface area contributed by atoms with Crippen molar-refractivity contribution in [1.82, 2.24) is 30.2 Å². The van der Waals surface area contributed by atoms with Gasteiger partial charge in [0.1, 0.15) is 11.6 Å². The Labute approximate surface area is 343 Å². The van der Waals surface area contributed by atoms with Gasteiger partial charge in [0, 0.05) is 62.1 Å². The van der Waals surface area contributed by atoms with E-state index in [1.54, 1.807) is 14.2 Å². The molecule has 2 fully saturated rings. The molecule has 57 heavy (non-hydrogen) atoms. The number of nitrogens with one attached hydrogen (secondary N) is 1. The number of aryl methyl sites for hydroxylation is 2. The molecule has 2 atom stereocenters. The van der Waals surface area contributed by atoms with Gasteiger partial charge in [0.15, 0.2) is 23.0 Å². The van der Waals surface area contributed by atoms with Gasteiger partial charge >= 0.3 is 0 Å². The second kappa shape index (κ2) is 25.3. The number of benzene rings is 2. The van der Waals surface area contributed by atoms with Crippen LogP contribution in [0.2, 0.25) is 0 Å². The summed E-state index contributed by atoms with van der Waals surface area (Å²) < 4.78 is 22.5. The zero-order valence-electron chi connectivity index (χ0n) is 33.9. The highest BCUT2D eigenvalue weighted by Crippen LogP contribution is 2.30. The maximum Gasteiger partial charge on any atom is 0.161 e. The van der Waals surface area contributed by atoms with Crippen molar-refractivity contribution in [3.63, 3.8) is 0 Å². The van der Waals surface area contributed by atoms with Crippen LogP contribution >= 0.6 is 11.6 Å². The minimum atomic E-state index is 0.186. The summed E-state index contributed by atoms with van der Waals surface area (Å²) in [7, 11) is 3.29. The fourth-order valence-corrected chi connectivity index (χ4v) is 6.42. The topological polar surface area (TPSA) is 151 Å². The smallest absolute Gasteiger partial charge is 0.161 e. The van der Waals surface area contributed by atoms with E-state index in [1.165, 1.54) is 0 Å². The van der Waals surface area contributed by atoms with Crippen LogP contribution in [-0.2, 0) is 25.7 Å². The zero-order valence-corrected chi connectivity index (χ0v) is 34.6. The first-order valence-corrected chi connectivity index (χ1v) is 20.4.